The Labute approximate surface area is 272 Å². The SMILES string of the molecule is c1ccc2c(c1)B1c3sc4ccccc4c3N(c3csc4ccccc34)c3cc(-c4cccc5sc6ccccc6c45)cc-2c31. The maximum atomic E-state index is 2.61. The quantitative estimate of drug-likeness (QED) is 0.173. The Morgan fingerprint density at radius 3 is 2.09 bits per heavy atom. The van der Waals surface area contributed by atoms with Crippen LogP contribution in [0.4, 0.5) is 17.1 Å². The molecule has 0 spiro atoms. The van der Waals surface area contributed by atoms with E-state index in [0.29, 0.717) is 0 Å². The Bertz CT molecular complexity index is 2690. The van der Waals surface area contributed by atoms with Crippen LogP contribution in [0.2, 0.25) is 0 Å². The van der Waals surface area contributed by atoms with Crippen LogP contribution in [-0.2, 0) is 0 Å². The maximum Gasteiger partial charge on any atom is 0.260 e. The fourth-order valence-electron chi connectivity index (χ4n) is 7.93. The molecular weight excluding hydrogens is 601 g/mol. The molecule has 0 N–H and O–H groups in total. The van der Waals surface area contributed by atoms with Gasteiger partial charge in [0.2, 0.25) is 0 Å². The van der Waals surface area contributed by atoms with Gasteiger partial charge in [-0.1, -0.05) is 96.5 Å². The predicted molar refractivity (Wildman–Crippen MR) is 200 cm³/mol. The summed E-state index contributed by atoms with van der Waals surface area (Å²) < 4.78 is 6.80. The molecule has 0 fully saturated rings. The Hall–Kier alpha value is -4.68. The molecule has 5 heterocycles. The van der Waals surface area contributed by atoms with Crippen molar-refractivity contribution in [2.75, 3.05) is 4.90 Å². The molecule has 208 valence electrons. The van der Waals surface area contributed by atoms with Crippen molar-refractivity contribution in [3.8, 4) is 22.3 Å². The molecule has 9 aromatic rings. The molecule has 0 saturated carbocycles. The molecule has 0 atom stereocenters. The van der Waals surface area contributed by atoms with Crippen LogP contribution in [0.1, 0.15) is 0 Å². The van der Waals surface area contributed by atoms with Crippen molar-refractivity contribution in [2.45, 2.75) is 0 Å². The van der Waals surface area contributed by atoms with E-state index in [0.717, 1.165) is 0 Å². The summed E-state index contributed by atoms with van der Waals surface area (Å²) in [6, 6.07) is 47.7. The van der Waals surface area contributed by atoms with Crippen molar-refractivity contribution in [2.24, 2.45) is 0 Å². The van der Waals surface area contributed by atoms with Crippen molar-refractivity contribution in [3.63, 3.8) is 0 Å². The van der Waals surface area contributed by atoms with E-state index in [1.807, 2.05) is 34.0 Å². The van der Waals surface area contributed by atoms with E-state index >= 15 is 0 Å². The summed E-state index contributed by atoms with van der Waals surface area (Å²) in [4.78, 5) is 2.61. The van der Waals surface area contributed by atoms with Gasteiger partial charge in [-0.2, -0.15) is 0 Å². The van der Waals surface area contributed by atoms with Crippen molar-refractivity contribution >= 4 is 114 Å². The maximum absolute atomic E-state index is 2.61. The van der Waals surface area contributed by atoms with Gasteiger partial charge in [0.15, 0.2) is 0 Å². The van der Waals surface area contributed by atoms with E-state index in [9.17, 15) is 0 Å². The summed E-state index contributed by atoms with van der Waals surface area (Å²) >= 11 is 5.70. The van der Waals surface area contributed by atoms with Crippen LogP contribution in [0.15, 0.2) is 133 Å². The highest BCUT2D eigenvalue weighted by molar-refractivity contribution is 7.34. The van der Waals surface area contributed by atoms with Crippen molar-refractivity contribution < 1.29 is 0 Å². The van der Waals surface area contributed by atoms with E-state index in [1.165, 1.54) is 95.4 Å². The first kappa shape index (κ1) is 24.6. The van der Waals surface area contributed by atoms with Gasteiger partial charge in [0.1, 0.15) is 0 Å². The molecule has 1 nitrogen and oxygen atoms in total. The minimum Gasteiger partial charge on any atom is -0.309 e. The first-order chi connectivity index (χ1) is 22.3. The second-order valence-electron chi connectivity index (χ2n) is 12.0. The van der Waals surface area contributed by atoms with Crippen LogP contribution in [-0.4, -0.2) is 6.71 Å². The normalized spacial score (nSPS) is 13.2. The lowest BCUT2D eigenvalue weighted by molar-refractivity contribution is 1.35. The zero-order valence-corrected chi connectivity index (χ0v) is 26.4. The van der Waals surface area contributed by atoms with E-state index in [2.05, 4.69) is 138 Å². The van der Waals surface area contributed by atoms with Crippen molar-refractivity contribution in [1.82, 2.24) is 0 Å². The third-order valence-electron chi connectivity index (χ3n) is 9.75. The average molecular weight is 624 g/mol. The minimum absolute atomic E-state index is 0.228. The topological polar surface area (TPSA) is 3.24 Å². The van der Waals surface area contributed by atoms with Gasteiger partial charge in [-0.05, 0) is 64.1 Å². The average Bonchev–Trinajstić information content (AvgIpc) is 3.86. The van der Waals surface area contributed by atoms with E-state index in [1.54, 1.807) is 0 Å². The second-order valence-corrected chi connectivity index (χ2v) is 15.1. The van der Waals surface area contributed by atoms with Gasteiger partial charge in [-0.15, -0.1) is 34.0 Å². The molecule has 0 amide bonds. The Morgan fingerprint density at radius 2 is 1.20 bits per heavy atom. The van der Waals surface area contributed by atoms with E-state index in [-0.39, 0.29) is 6.71 Å². The smallest absolute Gasteiger partial charge is 0.260 e. The van der Waals surface area contributed by atoms with E-state index in [4.69, 9.17) is 0 Å². The molecular formula is C40H22BNS3. The molecule has 0 saturated heterocycles. The van der Waals surface area contributed by atoms with Gasteiger partial charge in [-0.3, -0.25) is 0 Å². The van der Waals surface area contributed by atoms with Gasteiger partial charge in [0.25, 0.3) is 6.71 Å². The third-order valence-corrected chi connectivity index (χ3v) is 13.1. The van der Waals surface area contributed by atoms with Crippen molar-refractivity contribution in [3.05, 3.63) is 133 Å². The molecule has 0 radical (unpaired) electrons. The number of benzene rings is 6. The lowest BCUT2D eigenvalue weighted by Gasteiger charge is -2.34. The standard InChI is InChI=1S/C40H22BNS3/c1-5-15-30-25(10-1)29-20-23(24-14-9-19-36-37(24)27-12-3-7-17-34(27)44-36)21-31-38(29)41(30)40-39(28-13-4-8-18-35(28)45-40)42(31)32-22-43-33-16-6-2-11-26(32)33/h1-22H. The molecule has 45 heavy (non-hydrogen) atoms. The monoisotopic (exact) mass is 623 g/mol. The van der Waals surface area contributed by atoms with Gasteiger partial charge in [0.05, 0.1) is 11.4 Å². The lowest BCUT2D eigenvalue weighted by atomic mass is 9.40. The largest absolute Gasteiger partial charge is 0.309 e. The van der Waals surface area contributed by atoms with Crippen LogP contribution >= 0.6 is 34.0 Å². The number of nitrogens with zero attached hydrogens (tertiary/aromatic N) is 1. The summed E-state index contributed by atoms with van der Waals surface area (Å²) in [5, 5.41) is 7.71. The molecule has 3 aromatic heterocycles. The summed E-state index contributed by atoms with van der Waals surface area (Å²) in [5.41, 5.74) is 12.1. The van der Waals surface area contributed by atoms with Gasteiger partial charge < -0.3 is 4.90 Å². The molecule has 11 rings (SSSR count). The second kappa shape index (κ2) is 8.95. The third kappa shape index (κ3) is 3.23. The summed E-state index contributed by atoms with van der Waals surface area (Å²) in [6.07, 6.45) is 0. The number of thiophene rings is 3. The fourth-order valence-corrected chi connectivity index (χ4v) is 11.3. The number of hydrogen-bond donors (Lipinski definition) is 0. The van der Waals surface area contributed by atoms with Crippen LogP contribution in [0.3, 0.4) is 0 Å². The highest BCUT2D eigenvalue weighted by Gasteiger charge is 2.45. The zero-order chi connectivity index (χ0) is 29.2. The minimum atomic E-state index is 0.228. The predicted octanol–water partition coefficient (Wildman–Crippen LogP) is 10.4. The molecule has 0 bridgehead atoms. The number of anilines is 3. The number of hydrogen-bond acceptors (Lipinski definition) is 4. The highest BCUT2D eigenvalue weighted by Crippen LogP contribution is 2.50. The van der Waals surface area contributed by atoms with Gasteiger partial charge >= 0.3 is 0 Å². The van der Waals surface area contributed by atoms with Crippen LogP contribution in [0, 0.1) is 0 Å². The van der Waals surface area contributed by atoms with Crippen LogP contribution < -0.4 is 20.6 Å². The molecule has 2 aliphatic rings. The van der Waals surface area contributed by atoms with Gasteiger partial charge in [-0.25, -0.2) is 0 Å². The van der Waals surface area contributed by atoms with Crippen molar-refractivity contribution in [1.29, 1.82) is 0 Å². The Morgan fingerprint density at radius 1 is 0.511 bits per heavy atom. The van der Waals surface area contributed by atoms with Crippen LogP contribution in [0.5, 0.6) is 0 Å². The van der Waals surface area contributed by atoms with E-state index < -0.39 is 0 Å². The molecule has 6 aromatic carbocycles. The Balaban J connectivity index is 1.30. The summed E-state index contributed by atoms with van der Waals surface area (Å²) in [6.45, 7) is 0.228. The molecule has 5 heteroatoms. The first-order valence-electron chi connectivity index (χ1n) is 15.3. The molecule has 2 aliphatic heterocycles. The summed E-state index contributed by atoms with van der Waals surface area (Å²) in [7, 11) is 0. The molecule has 0 aliphatic carbocycles. The Kier molecular flexibility index (Phi) is 4.90. The number of fused-ring (bicyclic) bond motifs is 11. The highest BCUT2D eigenvalue weighted by atomic mass is 32.1. The lowest BCUT2D eigenvalue weighted by Crippen LogP contribution is -2.53. The number of rotatable bonds is 2. The summed E-state index contributed by atoms with van der Waals surface area (Å²) in [5.74, 6) is 0. The zero-order valence-electron chi connectivity index (χ0n) is 24.0. The van der Waals surface area contributed by atoms with Gasteiger partial charge in [0, 0.05) is 56.2 Å². The first-order valence-corrected chi connectivity index (χ1v) is 17.8. The molecule has 0 unspecified atom stereocenters. The van der Waals surface area contributed by atoms with Crippen LogP contribution in [0.25, 0.3) is 62.6 Å². The fraction of sp³-hybridized carbons (Fsp3) is 0.